The Morgan fingerprint density at radius 2 is 1.12 bits per heavy atom. The monoisotopic (exact) mass is 564 g/mol. The zero-order valence-corrected chi connectivity index (χ0v) is 21.8. The average molecular weight is 565 g/mol. The predicted octanol–water partition coefficient (Wildman–Crippen LogP) is 6.62. The second kappa shape index (κ2) is 12.1. The summed E-state index contributed by atoms with van der Waals surface area (Å²) < 4.78 is 66.6. The highest BCUT2D eigenvalue weighted by molar-refractivity contribution is 9.35. The van der Waals surface area contributed by atoms with Crippen LogP contribution in [0.15, 0.2) is 48.0 Å². The first kappa shape index (κ1) is 28.2. The van der Waals surface area contributed by atoms with Gasteiger partial charge in [0.05, 0.1) is 0 Å². The van der Waals surface area contributed by atoms with E-state index in [0.29, 0.717) is 12.2 Å². The summed E-state index contributed by atoms with van der Waals surface area (Å²) in [6.07, 6.45) is 4.29. The Morgan fingerprint density at radius 3 is 1.45 bits per heavy atom. The first-order chi connectivity index (χ1) is 15.3. The number of ether oxygens (including phenoxy) is 2. The van der Waals surface area contributed by atoms with E-state index in [9.17, 15) is 27.2 Å². The van der Waals surface area contributed by atoms with Crippen LogP contribution < -0.4 is 0 Å². The van der Waals surface area contributed by atoms with Gasteiger partial charge in [0, 0.05) is 28.2 Å². The van der Waals surface area contributed by atoms with E-state index >= 15 is 0 Å². The van der Waals surface area contributed by atoms with Gasteiger partial charge in [-0.1, -0.05) is 21.6 Å². The SMILES string of the molecule is CN(C)C(=O)OC1=CC(SSSSSC2C=C(OC(=O)N(C)C)C=CC2(F)F)C(F)(F)C=C1. The highest BCUT2D eigenvalue weighted by Gasteiger charge is 2.41. The van der Waals surface area contributed by atoms with E-state index < -0.39 is 34.5 Å². The molecule has 0 aromatic heterocycles. The molecule has 33 heavy (non-hydrogen) atoms. The third-order valence-electron chi connectivity index (χ3n) is 3.81. The number of allylic oxidation sites excluding steroid dienone is 4. The lowest BCUT2D eigenvalue weighted by atomic mass is 10.1. The zero-order valence-electron chi connectivity index (χ0n) is 17.7. The van der Waals surface area contributed by atoms with Crippen LogP contribution >= 0.6 is 51.1 Å². The van der Waals surface area contributed by atoms with E-state index in [2.05, 4.69) is 0 Å². The Hall–Kier alpha value is -1.03. The molecule has 0 aromatic rings. The first-order valence-electron chi connectivity index (χ1n) is 9.00. The molecule has 2 unspecified atom stereocenters. The summed E-state index contributed by atoms with van der Waals surface area (Å²) >= 11 is 0. The maximum atomic E-state index is 14.1. The molecule has 15 heteroatoms. The van der Waals surface area contributed by atoms with Crippen LogP contribution in [0.5, 0.6) is 0 Å². The summed E-state index contributed by atoms with van der Waals surface area (Å²) in [6.45, 7) is 0. The molecule has 2 rings (SSSR count). The number of hydrogen-bond acceptors (Lipinski definition) is 9. The Labute approximate surface area is 207 Å². The van der Waals surface area contributed by atoms with Gasteiger partial charge in [0.25, 0.3) is 11.8 Å². The van der Waals surface area contributed by atoms with Crippen LogP contribution in [0.3, 0.4) is 0 Å². The topological polar surface area (TPSA) is 59.1 Å². The van der Waals surface area contributed by atoms with E-state index in [-0.39, 0.29) is 11.5 Å². The van der Waals surface area contributed by atoms with E-state index in [1.54, 1.807) is 0 Å². The van der Waals surface area contributed by atoms with Crippen molar-refractivity contribution in [3.63, 3.8) is 0 Å². The summed E-state index contributed by atoms with van der Waals surface area (Å²) in [5, 5.41) is -2.63. The van der Waals surface area contributed by atoms with Crippen molar-refractivity contribution in [2.45, 2.75) is 22.3 Å². The smallest absolute Gasteiger partial charge is 0.411 e. The van der Waals surface area contributed by atoms with Crippen molar-refractivity contribution < 1.29 is 36.6 Å². The largest absolute Gasteiger partial charge is 0.414 e. The molecule has 6 nitrogen and oxygen atoms in total. The highest BCUT2D eigenvalue weighted by Crippen LogP contribution is 2.55. The number of nitrogens with zero attached hydrogens (tertiary/aromatic N) is 2. The molecule has 2 aliphatic rings. The van der Waals surface area contributed by atoms with Crippen molar-refractivity contribution in [1.29, 1.82) is 0 Å². The summed E-state index contributed by atoms with van der Waals surface area (Å²) in [5.74, 6) is -6.33. The minimum atomic E-state index is -3.17. The molecule has 0 heterocycles. The van der Waals surface area contributed by atoms with E-state index in [0.717, 1.165) is 75.4 Å². The third-order valence-corrected chi connectivity index (χ3v) is 12.9. The summed E-state index contributed by atoms with van der Waals surface area (Å²) in [5.41, 5.74) is 0. The third kappa shape index (κ3) is 8.60. The van der Waals surface area contributed by atoms with Crippen LogP contribution in [-0.2, 0) is 9.47 Å². The van der Waals surface area contributed by atoms with Crippen molar-refractivity contribution >= 4 is 63.3 Å². The molecule has 0 spiro atoms. The molecule has 2 atom stereocenters. The highest BCUT2D eigenvalue weighted by atomic mass is 33.8. The van der Waals surface area contributed by atoms with Gasteiger partial charge in [0.1, 0.15) is 22.0 Å². The standard InChI is InChI=1S/C18H20F4N2O4S5/c1-23(2)15(25)27-11-5-7-17(19,20)13(9-11)29-31-33-32-30-14-10-12(6-8-18(14,21)22)28-16(26)24(3)4/h5-10,13-14H,1-4H3. The number of rotatable bonds is 8. The van der Waals surface area contributed by atoms with Gasteiger partial charge in [-0.2, -0.15) is 0 Å². The molecule has 2 amide bonds. The van der Waals surface area contributed by atoms with Gasteiger partial charge in [-0.05, 0) is 65.9 Å². The Balaban J connectivity index is 1.86. The number of hydrogen-bond donors (Lipinski definition) is 0. The number of alkyl halides is 4. The van der Waals surface area contributed by atoms with Crippen LogP contribution in [-0.4, -0.2) is 72.5 Å². The molecule has 0 aromatic carbocycles. The molecule has 0 N–H and O–H groups in total. The molecule has 0 bridgehead atoms. The maximum absolute atomic E-state index is 14.1. The van der Waals surface area contributed by atoms with Crippen LogP contribution in [0.4, 0.5) is 27.2 Å². The Kier molecular flexibility index (Phi) is 10.3. The van der Waals surface area contributed by atoms with Gasteiger partial charge >= 0.3 is 12.2 Å². The predicted molar refractivity (Wildman–Crippen MR) is 130 cm³/mol. The fraction of sp³-hybridized carbons (Fsp3) is 0.444. The van der Waals surface area contributed by atoms with Crippen molar-refractivity contribution in [3.05, 3.63) is 48.0 Å². The lowest BCUT2D eigenvalue weighted by molar-refractivity contribution is 0.0602. The lowest BCUT2D eigenvalue weighted by Crippen LogP contribution is -2.30. The molecule has 2 aliphatic carbocycles. The molecule has 0 saturated heterocycles. The molecular formula is C18H20F4N2O4S5. The van der Waals surface area contributed by atoms with E-state index in [1.165, 1.54) is 38.0 Å². The van der Waals surface area contributed by atoms with Gasteiger partial charge in [0.15, 0.2) is 0 Å². The minimum Gasteiger partial charge on any atom is -0.411 e. The second-order valence-electron chi connectivity index (χ2n) is 6.92. The summed E-state index contributed by atoms with van der Waals surface area (Å²) in [6, 6.07) is 0. The quantitative estimate of drug-likeness (QED) is 0.184. The second-order valence-corrected chi connectivity index (χ2v) is 14.8. The maximum Gasteiger partial charge on any atom is 0.414 e. The first-order valence-corrected chi connectivity index (χ1v) is 15.3. The zero-order chi connectivity index (χ0) is 24.8. The molecule has 0 fully saturated rings. The van der Waals surface area contributed by atoms with Crippen LogP contribution in [0, 0.1) is 0 Å². The molecule has 0 radical (unpaired) electrons. The van der Waals surface area contributed by atoms with Crippen molar-refractivity contribution in [3.8, 4) is 0 Å². The average Bonchev–Trinajstić information content (AvgIpc) is 2.71. The molecular weight excluding hydrogens is 545 g/mol. The fourth-order valence-corrected chi connectivity index (χ4v) is 11.4. The van der Waals surface area contributed by atoms with Crippen molar-refractivity contribution in [2.24, 2.45) is 0 Å². The van der Waals surface area contributed by atoms with Crippen molar-refractivity contribution in [1.82, 2.24) is 9.80 Å². The van der Waals surface area contributed by atoms with E-state index in [4.69, 9.17) is 9.47 Å². The van der Waals surface area contributed by atoms with E-state index in [1.807, 2.05) is 0 Å². The van der Waals surface area contributed by atoms with Gasteiger partial charge in [-0.3, -0.25) is 0 Å². The lowest BCUT2D eigenvalue weighted by Gasteiger charge is -2.25. The van der Waals surface area contributed by atoms with Crippen molar-refractivity contribution in [2.75, 3.05) is 28.2 Å². The summed E-state index contributed by atoms with van der Waals surface area (Å²) in [7, 11) is 10.5. The van der Waals surface area contributed by atoms with Crippen LogP contribution in [0.2, 0.25) is 0 Å². The number of halogens is 4. The fourth-order valence-electron chi connectivity index (χ4n) is 2.04. The van der Waals surface area contributed by atoms with Gasteiger partial charge in [0.2, 0.25) is 0 Å². The molecule has 184 valence electrons. The Bertz CT molecular complexity index is 797. The van der Waals surface area contributed by atoms with Crippen LogP contribution in [0.25, 0.3) is 0 Å². The number of carbonyl (C=O) groups is 2. The van der Waals surface area contributed by atoms with Gasteiger partial charge in [-0.15, -0.1) is 0 Å². The Morgan fingerprint density at radius 1 is 0.758 bits per heavy atom. The summed E-state index contributed by atoms with van der Waals surface area (Å²) in [4.78, 5) is 25.6. The number of amides is 2. The normalized spacial score (nSPS) is 22.8. The van der Waals surface area contributed by atoms with Gasteiger partial charge < -0.3 is 19.3 Å². The van der Waals surface area contributed by atoms with Crippen LogP contribution in [0.1, 0.15) is 0 Å². The van der Waals surface area contributed by atoms with Gasteiger partial charge in [-0.25, -0.2) is 27.2 Å². The molecule has 0 aliphatic heterocycles. The number of carbonyl (C=O) groups excluding carboxylic acids is 2. The molecule has 0 saturated carbocycles. The minimum absolute atomic E-state index is 0.00308.